The van der Waals surface area contributed by atoms with Crippen LogP contribution in [0.15, 0.2) is 59.3 Å². The molecular formula is C23H20Cl2N2O3S2. The molecule has 9 heteroatoms. The van der Waals surface area contributed by atoms with Crippen molar-refractivity contribution in [3.05, 3.63) is 80.7 Å². The van der Waals surface area contributed by atoms with Crippen molar-refractivity contribution >= 4 is 58.1 Å². The van der Waals surface area contributed by atoms with Gasteiger partial charge in [0.05, 0.1) is 6.61 Å². The summed E-state index contributed by atoms with van der Waals surface area (Å²) in [7, 11) is 0. The van der Waals surface area contributed by atoms with Gasteiger partial charge in [-0.25, -0.2) is 14.8 Å². The number of nitrogens with zero attached hydrogens (tertiary/aromatic N) is 2. The first kappa shape index (κ1) is 25.7. The molecule has 0 atom stereocenters. The van der Waals surface area contributed by atoms with Crippen molar-refractivity contribution in [3.8, 4) is 21.1 Å². The highest BCUT2D eigenvalue weighted by Gasteiger charge is 2.12. The van der Waals surface area contributed by atoms with Crippen LogP contribution in [0.4, 0.5) is 0 Å². The number of thiazole rings is 2. The van der Waals surface area contributed by atoms with Crippen molar-refractivity contribution in [2.75, 3.05) is 6.61 Å². The molecule has 2 aromatic carbocycles. The zero-order valence-corrected chi connectivity index (χ0v) is 19.4. The summed E-state index contributed by atoms with van der Waals surface area (Å²) in [6.45, 7) is 2.12. The van der Waals surface area contributed by atoms with Crippen molar-refractivity contribution in [2.24, 2.45) is 0 Å². The Morgan fingerprint density at radius 3 is 1.88 bits per heavy atom. The normalized spacial score (nSPS) is 9.84. The molecule has 0 amide bonds. The van der Waals surface area contributed by atoms with Crippen LogP contribution in [0.25, 0.3) is 21.1 Å². The van der Waals surface area contributed by atoms with E-state index in [0.29, 0.717) is 28.0 Å². The predicted molar refractivity (Wildman–Crippen MR) is 133 cm³/mol. The van der Waals surface area contributed by atoms with Crippen molar-refractivity contribution in [3.63, 3.8) is 0 Å². The Morgan fingerprint density at radius 1 is 0.906 bits per heavy atom. The van der Waals surface area contributed by atoms with E-state index in [-0.39, 0.29) is 13.4 Å². The summed E-state index contributed by atoms with van der Waals surface area (Å²) >= 11 is 14.4. The van der Waals surface area contributed by atoms with E-state index in [1.807, 2.05) is 24.3 Å². The van der Waals surface area contributed by atoms with E-state index in [4.69, 9.17) is 27.9 Å². The third kappa shape index (κ3) is 6.97. The number of benzene rings is 2. The van der Waals surface area contributed by atoms with E-state index < -0.39 is 0 Å². The van der Waals surface area contributed by atoms with Gasteiger partial charge < -0.3 is 4.74 Å². The van der Waals surface area contributed by atoms with Gasteiger partial charge >= 0.3 is 5.97 Å². The number of ether oxygens (including phenoxy) is 1. The molecule has 0 saturated carbocycles. The van der Waals surface area contributed by atoms with E-state index in [2.05, 4.69) is 9.97 Å². The summed E-state index contributed by atoms with van der Waals surface area (Å²) in [5.74, 6) is -0.385. The Kier molecular flexibility index (Phi) is 9.99. The minimum Gasteiger partial charge on any atom is -0.461 e. The zero-order valence-electron chi connectivity index (χ0n) is 16.2. The first-order chi connectivity index (χ1) is 15.0. The average molecular weight is 507 g/mol. The summed E-state index contributed by atoms with van der Waals surface area (Å²) in [5, 5.41) is 6.42. The molecule has 0 saturated heterocycles. The monoisotopic (exact) mass is 506 g/mol. The van der Waals surface area contributed by atoms with Crippen molar-refractivity contribution in [2.45, 2.75) is 14.4 Å². The minimum absolute atomic E-state index is 0. The Labute approximate surface area is 204 Å². The van der Waals surface area contributed by atoms with Crippen molar-refractivity contribution < 1.29 is 14.3 Å². The summed E-state index contributed by atoms with van der Waals surface area (Å²) in [5.41, 5.74) is 2.74. The Morgan fingerprint density at radius 2 is 1.41 bits per heavy atom. The molecule has 0 aliphatic rings. The number of aldehydes is 1. The second-order valence-electron chi connectivity index (χ2n) is 5.97. The van der Waals surface area contributed by atoms with Gasteiger partial charge in [-0.3, -0.25) is 4.79 Å². The summed E-state index contributed by atoms with van der Waals surface area (Å²) < 4.78 is 4.88. The highest BCUT2D eigenvalue weighted by Crippen LogP contribution is 2.26. The smallest absolute Gasteiger partial charge is 0.357 e. The quantitative estimate of drug-likeness (QED) is 0.206. The van der Waals surface area contributed by atoms with Crippen LogP contribution in [-0.4, -0.2) is 28.8 Å². The largest absolute Gasteiger partial charge is 0.461 e. The Balaban J connectivity index is 0.000000224. The van der Waals surface area contributed by atoms with Crippen LogP contribution in [0.5, 0.6) is 0 Å². The van der Waals surface area contributed by atoms with Crippen LogP contribution in [0.2, 0.25) is 10.0 Å². The van der Waals surface area contributed by atoms with E-state index in [0.717, 1.165) is 27.4 Å². The molecule has 0 bridgehead atoms. The van der Waals surface area contributed by atoms with Crippen LogP contribution in [0.1, 0.15) is 35.3 Å². The molecule has 0 fully saturated rings. The van der Waals surface area contributed by atoms with Gasteiger partial charge in [-0.05, 0) is 31.2 Å². The second kappa shape index (κ2) is 12.5. The summed E-state index contributed by atoms with van der Waals surface area (Å²) in [6, 6.07) is 14.7. The highest BCUT2D eigenvalue weighted by atomic mass is 35.5. The number of carbonyl (C=O) groups is 2. The Hall–Kier alpha value is -2.58. The number of halogens is 2. The highest BCUT2D eigenvalue weighted by molar-refractivity contribution is 7.13. The third-order valence-corrected chi connectivity index (χ3v) is 6.12. The molecule has 5 nitrogen and oxygen atoms in total. The molecule has 32 heavy (non-hydrogen) atoms. The molecule has 4 aromatic rings. The first-order valence-electron chi connectivity index (χ1n) is 9.05. The fraction of sp³-hybridized carbons (Fsp3) is 0.130. The van der Waals surface area contributed by atoms with Gasteiger partial charge in [-0.15, -0.1) is 22.7 Å². The molecule has 0 unspecified atom stereocenters. The molecule has 4 rings (SSSR count). The molecule has 0 aliphatic heterocycles. The number of carbonyl (C=O) groups excluding carboxylic acids is 2. The lowest BCUT2D eigenvalue weighted by Crippen LogP contribution is -2.04. The van der Waals surface area contributed by atoms with Gasteiger partial charge in [0, 0.05) is 31.9 Å². The van der Waals surface area contributed by atoms with Gasteiger partial charge in [0.15, 0.2) is 12.0 Å². The molecule has 0 aliphatic carbocycles. The van der Waals surface area contributed by atoms with Crippen molar-refractivity contribution in [1.82, 2.24) is 9.97 Å². The first-order valence-corrected chi connectivity index (χ1v) is 11.6. The number of aromatic nitrogens is 2. The standard InChI is InChI=1S/C12H10ClNO2S.C10H6ClNOS.CH4/c1-2-16-12(15)10-7-17-11(14-10)8-3-5-9(13)6-4-8;11-8-3-1-7(2-4-8)10-12-9(5-13)6-14-10;/h3-7H,2H2,1H3;1-6H;1H4. The molecule has 0 N–H and O–H groups in total. The molecule has 166 valence electrons. The molecule has 2 heterocycles. The summed E-state index contributed by atoms with van der Waals surface area (Å²) in [4.78, 5) is 30.2. The Bertz CT molecular complexity index is 1160. The van der Waals surface area contributed by atoms with Crippen molar-refractivity contribution in [1.29, 1.82) is 0 Å². The maximum Gasteiger partial charge on any atom is 0.357 e. The molecule has 2 aromatic heterocycles. The molecule has 0 spiro atoms. The van der Waals surface area contributed by atoms with Crippen LogP contribution in [0.3, 0.4) is 0 Å². The van der Waals surface area contributed by atoms with E-state index in [1.165, 1.54) is 22.7 Å². The van der Waals surface area contributed by atoms with E-state index in [9.17, 15) is 9.59 Å². The van der Waals surface area contributed by atoms with Crippen LogP contribution in [0, 0.1) is 0 Å². The zero-order chi connectivity index (χ0) is 22.2. The maximum atomic E-state index is 11.4. The van der Waals surface area contributed by atoms with Gasteiger partial charge in [-0.1, -0.05) is 54.9 Å². The lowest BCUT2D eigenvalue weighted by molar-refractivity contribution is 0.0520. The maximum absolute atomic E-state index is 11.4. The van der Waals surface area contributed by atoms with Crippen LogP contribution >= 0.6 is 45.9 Å². The topological polar surface area (TPSA) is 69.2 Å². The lowest BCUT2D eigenvalue weighted by atomic mass is 10.2. The van der Waals surface area contributed by atoms with E-state index in [1.54, 1.807) is 41.9 Å². The number of esters is 1. The number of hydrogen-bond donors (Lipinski definition) is 0. The predicted octanol–water partition coefficient (Wildman–Crippen LogP) is 7.55. The lowest BCUT2D eigenvalue weighted by Gasteiger charge is -1.97. The minimum atomic E-state index is -0.385. The molecule has 0 radical (unpaired) electrons. The van der Waals surface area contributed by atoms with Gasteiger partial charge in [0.2, 0.25) is 0 Å². The van der Waals surface area contributed by atoms with Crippen LogP contribution < -0.4 is 0 Å². The van der Waals surface area contributed by atoms with E-state index >= 15 is 0 Å². The number of hydrogen-bond acceptors (Lipinski definition) is 7. The van der Waals surface area contributed by atoms with Gasteiger partial charge in [-0.2, -0.15) is 0 Å². The third-order valence-electron chi connectivity index (χ3n) is 3.81. The summed E-state index contributed by atoms with van der Waals surface area (Å²) in [6.07, 6.45) is 0.746. The number of rotatable bonds is 5. The van der Waals surface area contributed by atoms with Gasteiger partial charge in [0.1, 0.15) is 15.7 Å². The van der Waals surface area contributed by atoms with Gasteiger partial charge in [0.25, 0.3) is 0 Å². The fourth-order valence-corrected chi connectivity index (χ4v) is 4.18. The SMILES string of the molecule is C.CCOC(=O)c1csc(-c2ccc(Cl)cc2)n1.O=Cc1csc(-c2ccc(Cl)cc2)n1. The fourth-order valence-electron chi connectivity index (χ4n) is 2.36. The van der Waals surface area contributed by atoms with Crippen LogP contribution in [-0.2, 0) is 4.74 Å². The second-order valence-corrected chi connectivity index (χ2v) is 8.56. The molecular weight excluding hydrogens is 487 g/mol. The average Bonchev–Trinajstić information content (AvgIpc) is 3.46.